The molecule has 4 nitrogen and oxygen atoms in total. The van der Waals surface area contributed by atoms with Crippen molar-refractivity contribution < 1.29 is 4.94 Å². The minimum absolute atomic E-state index is 0.0357. The van der Waals surface area contributed by atoms with Crippen LogP contribution in [-0.4, -0.2) is 21.9 Å². The van der Waals surface area contributed by atoms with Gasteiger partial charge in [0.25, 0.3) is 0 Å². The van der Waals surface area contributed by atoms with Gasteiger partial charge >= 0.3 is 0 Å². The van der Waals surface area contributed by atoms with Crippen LogP contribution in [0.2, 0.25) is 0 Å². The highest BCUT2D eigenvalue weighted by atomic mass is 16.8. The van der Waals surface area contributed by atoms with Crippen molar-refractivity contribution in [3.63, 3.8) is 0 Å². The first-order valence-electron chi connectivity index (χ1n) is 4.26. The van der Waals surface area contributed by atoms with Crippen LogP contribution in [0.15, 0.2) is 29.3 Å². The fourth-order valence-electron chi connectivity index (χ4n) is 1.08. The van der Waals surface area contributed by atoms with Gasteiger partial charge in [-0.05, 0) is 20.8 Å². The van der Waals surface area contributed by atoms with Crippen molar-refractivity contribution in [1.29, 1.82) is 0 Å². The first-order valence-corrected chi connectivity index (χ1v) is 4.26. The molecule has 0 aliphatic carbocycles. The number of nitrogens with zero attached hydrogens (tertiary/aromatic N) is 3. The summed E-state index contributed by atoms with van der Waals surface area (Å²) in [7, 11) is 0. The van der Waals surface area contributed by atoms with Gasteiger partial charge in [0.05, 0.1) is 24.2 Å². The molecule has 0 bridgehead atoms. The third-order valence-corrected chi connectivity index (χ3v) is 1.84. The molecule has 0 saturated heterocycles. The molecule has 4 heteroatoms. The Bertz CT molecular complexity index is 298. The monoisotopic (exact) mass is 179 g/mol. The molecule has 13 heavy (non-hydrogen) atoms. The molecule has 2 aliphatic rings. The summed E-state index contributed by atoms with van der Waals surface area (Å²) >= 11 is 0. The molecular weight excluding hydrogens is 166 g/mol. The number of hydrogen-bond acceptors (Lipinski definition) is 4. The van der Waals surface area contributed by atoms with Gasteiger partial charge in [-0.25, -0.2) is 5.06 Å². The Balaban J connectivity index is 2.21. The SMILES string of the molecule is CC(C)(C)N1C=C2C=NC=CN2O1. The average Bonchev–Trinajstić information content (AvgIpc) is 2.45. The van der Waals surface area contributed by atoms with Crippen molar-refractivity contribution in [2.24, 2.45) is 4.99 Å². The number of fused-ring (bicyclic) bond motifs is 1. The Morgan fingerprint density at radius 2 is 2.15 bits per heavy atom. The molecule has 0 aromatic carbocycles. The average molecular weight is 179 g/mol. The van der Waals surface area contributed by atoms with Crippen LogP contribution in [-0.2, 0) is 4.94 Å². The minimum Gasteiger partial charge on any atom is -0.261 e. The zero-order chi connectivity index (χ0) is 9.47. The predicted octanol–water partition coefficient (Wildman–Crippen LogP) is 1.65. The topological polar surface area (TPSA) is 28.1 Å². The summed E-state index contributed by atoms with van der Waals surface area (Å²) in [6.07, 6.45) is 7.19. The summed E-state index contributed by atoms with van der Waals surface area (Å²) in [5, 5.41) is 3.50. The van der Waals surface area contributed by atoms with Gasteiger partial charge in [-0.15, -0.1) is 4.94 Å². The normalized spacial score (nSPS) is 20.7. The lowest BCUT2D eigenvalue weighted by Gasteiger charge is -2.30. The van der Waals surface area contributed by atoms with Crippen molar-refractivity contribution in [2.45, 2.75) is 26.3 Å². The minimum atomic E-state index is -0.0357. The fraction of sp³-hybridized carbons (Fsp3) is 0.444. The van der Waals surface area contributed by atoms with E-state index < -0.39 is 0 Å². The Morgan fingerprint density at radius 3 is 2.77 bits per heavy atom. The maximum Gasteiger partial charge on any atom is 0.108 e. The highest BCUT2D eigenvalue weighted by Gasteiger charge is 2.29. The number of hydrogen-bond donors (Lipinski definition) is 0. The van der Waals surface area contributed by atoms with Gasteiger partial charge in [-0.3, -0.25) is 4.99 Å². The van der Waals surface area contributed by atoms with E-state index in [9.17, 15) is 0 Å². The van der Waals surface area contributed by atoms with Crippen LogP contribution < -0.4 is 0 Å². The molecule has 0 aromatic rings. The molecule has 0 unspecified atom stereocenters. The molecular formula is C9H13N3O. The summed E-state index contributed by atoms with van der Waals surface area (Å²) in [5.41, 5.74) is 0.920. The largest absolute Gasteiger partial charge is 0.261 e. The van der Waals surface area contributed by atoms with Gasteiger partial charge in [0, 0.05) is 6.20 Å². The number of hydroxylamine groups is 4. The van der Waals surface area contributed by atoms with Crippen LogP contribution >= 0.6 is 0 Å². The van der Waals surface area contributed by atoms with Crippen LogP contribution in [0.25, 0.3) is 0 Å². The van der Waals surface area contributed by atoms with E-state index in [1.807, 2.05) is 11.3 Å². The Kier molecular flexibility index (Phi) is 1.66. The number of allylic oxidation sites excluding steroid dienone is 1. The van der Waals surface area contributed by atoms with Gasteiger partial charge in [-0.2, -0.15) is 5.06 Å². The third kappa shape index (κ3) is 1.45. The summed E-state index contributed by atoms with van der Waals surface area (Å²) in [4.78, 5) is 9.54. The number of aliphatic imine (C=N–C) groups is 1. The second-order valence-electron chi connectivity index (χ2n) is 4.03. The lowest BCUT2D eigenvalue weighted by atomic mass is 10.1. The van der Waals surface area contributed by atoms with Crippen LogP contribution in [0, 0.1) is 0 Å². The predicted molar refractivity (Wildman–Crippen MR) is 50.2 cm³/mol. The van der Waals surface area contributed by atoms with Crippen molar-refractivity contribution in [1.82, 2.24) is 10.1 Å². The Morgan fingerprint density at radius 1 is 1.38 bits per heavy atom. The highest BCUT2D eigenvalue weighted by molar-refractivity contribution is 5.79. The lowest BCUT2D eigenvalue weighted by Crippen LogP contribution is -2.36. The van der Waals surface area contributed by atoms with Crippen LogP contribution in [0.4, 0.5) is 0 Å². The van der Waals surface area contributed by atoms with E-state index in [-0.39, 0.29) is 5.54 Å². The van der Waals surface area contributed by atoms with E-state index in [4.69, 9.17) is 4.94 Å². The van der Waals surface area contributed by atoms with Crippen LogP contribution in [0.3, 0.4) is 0 Å². The van der Waals surface area contributed by atoms with E-state index in [1.54, 1.807) is 23.7 Å². The van der Waals surface area contributed by atoms with E-state index in [0.717, 1.165) is 5.70 Å². The zero-order valence-corrected chi connectivity index (χ0v) is 8.06. The number of rotatable bonds is 0. The first-order chi connectivity index (χ1) is 6.07. The van der Waals surface area contributed by atoms with E-state index in [0.29, 0.717) is 0 Å². The molecule has 0 atom stereocenters. The van der Waals surface area contributed by atoms with E-state index in [1.165, 1.54) is 0 Å². The maximum atomic E-state index is 5.53. The molecule has 2 heterocycles. The van der Waals surface area contributed by atoms with Gasteiger partial charge in [0.2, 0.25) is 0 Å². The molecule has 0 amide bonds. The first kappa shape index (κ1) is 8.31. The summed E-state index contributed by atoms with van der Waals surface area (Å²) in [6.45, 7) is 6.26. The third-order valence-electron chi connectivity index (χ3n) is 1.84. The molecule has 0 fully saturated rings. The Hall–Kier alpha value is -1.29. The lowest BCUT2D eigenvalue weighted by molar-refractivity contribution is -0.270. The van der Waals surface area contributed by atoms with Crippen LogP contribution in [0.5, 0.6) is 0 Å². The molecule has 0 saturated carbocycles. The van der Waals surface area contributed by atoms with Crippen molar-refractivity contribution in [2.75, 3.05) is 0 Å². The van der Waals surface area contributed by atoms with Gasteiger partial charge in [0.15, 0.2) is 0 Å². The molecule has 0 spiro atoms. The fourth-order valence-corrected chi connectivity index (χ4v) is 1.08. The van der Waals surface area contributed by atoms with Gasteiger partial charge in [0.1, 0.15) is 5.70 Å². The highest BCUT2D eigenvalue weighted by Crippen LogP contribution is 2.25. The Labute approximate surface area is 77.7 Å². The molecule has 0 radical (unpaired) electrons. The molecule has 2 aliphatic heterocycles. The quantitative estimate of drug-likeness (QED) is 0.566. The molecule has 0 aromatic heterocycles. The zero-order valence-electron chi connectivity index (χ0n) is 8.06. The van der Waals surface area contributed by atoms with Crippen molar-refractivity contribution >= 4 is 6.21 Å². The molecule has 0 N–H and O–H groups in total. The van der Waals surface area contributed by atoms with E-state index in [2.05, 4.69) is 25.8 Å². The summed E-state index contributed by atoms with van der Waals surface area (Å²) in [5.74, 6) is 0. The second-order valence-corrected chi connectivity index (χ2v) is 4.03. The van der Waals surface area contributed by atoms with Gasteiger partial charge in [-0.1, -0.05) is 0 Å². The molecule has 70 valence electrons. The van der Waals surface area contributed by atoms with Crippen LogP contribution in [0.1, 0.15) is 20.8 Å². The van der Waals surface area contributed by atoms with Gasteiger partial charge < -0.3 is 0 Å². The standard InChI is InChI=1S/C9H13N3O/c1-9(2,3)12-7-8-6-10-4-5-11(8)13-12/h4-7H,1-3H3. The maximum absolute atomic E-state index is 5.53. The summed E-state index contributed by atoms with van der Waals surface area (Å²) < 4.78 is 0. The smallest absolute Gasteiger partial charge is 0.108 e. The van der Waals surface area contributed by atoms with Crippen molar-refractivity contribution in [3.05, 3.63) is 24.3 Å². The van der Waals surface area contributed by atoms with E-state index >= 15 is 0 Å². The second kappa shape index (κ2) is 2.60. The summed E-state index contributed by atoms with van der Waals surface area (Å²) in [6, 6.07) is 0. The molecule has 2 rings (SSSR count). The van der Waals surface area contributed by atoms with Crippen molar-refractivity contribution in [3.8, 4) is 0 Å².